The number of fused-ring (bicyclic) bond motifs is 6. The number of nitrogens with zero attached hydrogens (tertiary/aromatic N) is 1. The second-order valence-electron chi connectivity index (χ2n) is 20.5. The van der Waals surface area contributed by atoms with Crippen LogP contribution in [-0.4, -0.2) is 0 Å². The molecule has 13 rings (SSSR count). The molecular weight excluding hydrogens is 871 g/mol. The minimum Gasteiger partial charge on any atom is -0.457 e. The van der Waals surface area contributed by atoms with Crippen molar-refractivity contribution in [2.75, 3.05) is 4.90 Å². The van der Waals surface area contributed by atoms with Gasteiger partial charge in [-0.1, -0.05) is 210 Å². The van der Waals surface area contributed by atoms with E-state index in [0.29, 0.717) is 0 Å². The Morgan fingerprint density at radius 2 is 0.708 bits per heavy atom. The second-order valence-corrected chi connectivity index (χ2v) is 20.5. The lowest BCUT2D eigenvalue weighted by Gasteiger charge is -2.34. The van der Waals surface area contributed by atoms with E-state index >= 15 is 0 Å². The molecule has 2 heteroatoms. The first kappa shape index (κ1) is 43.3. The molecule has 72 heavy (non-hydrogen) atoms. The number of rotatable bonds is 8. The van der Waals surface area contributed by atoms with Crippen LogP contribution in [0.15, 0.2) is 249 Å². The van der Waals surface area contributed by atoms with Crippen LogP contribution in [0.2, 0.25) is 0 Å². The van der Waals surface area contributed by atoms with Gasteiger partial charge < -0.3 is 9.64 Å². The van der Waals surface area contributed by atoms with Crippen LogP contribution in [-0.2, 0) is 10.8 Å². The van der Waals surface area contributed by atoms with Gasteiger partial charge in [-0.15, -0.1) is 0 Å². The van der Waals surface area contributed by atoms with Gasteiger partial charge in [0.2, 0.25) is 0 Å². The lowest BCUT2D eigenvalue weighted by Crippen LogP contribution is -2.24. The second kappa shape index (κ2) is 17.0. The molecular formula is C70H53NO. The molecule has 0 amide bonds. The molecule has 11 aromatic rings. The van der Waals surface area contributed by atoms with Gasteiger partial charge in [-0.05, 0) is 155 Å². The van der Waals surface area contributed by atoms with Gasteiger partial charge >= 0.3 is 0 Å². The minimum absolute atomic E-state index is 0.160. The van der Waals surface area contributed by atoms with Crippen molar-refractivity contribution >= 4 is 27.8 Å². The van der Waals surface area contributed by atoms with Gasteiger partial charge in [0.15, 0.2) is 0 Å². The van der Waals surface area contributed by atoms with Gasteiger partial charge in [0, 0.05) is 39.0 Å². The van der Waals surface area contributed by atoms with Crippen molar-refractivity contribution in [2.45, 2.75) is 38.5 Å². The van der Waals surface area contributed by atoms with E-state index in [1.807, 2.05) is 6.07 Å². The lowest BCUT2D eigenvalue weighted by atomic mass is 9.75. The van der Waals surface area contributed by atoms with E-state index in [1.165, 1.54) is 94.2 Å². The van der Waals surface area contributed by atoms with Crippen LogP contribution >= 0.6 is 0 Å². The van der Waals surface area contributed by atoms with E-state index < -0.39 is 0 Å². The smallest absolute Gasteiger partial charge is 0.131 e. The Hall–Kier alpha value is -8.72. The van der Waals surface area contributed by atoms with Crippen LogP contribution < -0.4 is 9.64 Å². The summed E-state index contributed by atoms with van der Waals surface area (Å²) in [6.07, 6.45) is 0. The summed E-state index contributed by atoms with van der Waals surface area (Å²) in [4.78, 5) is 2.37. The molecule has 0 radical (unpaired) electrons. The lowest BCUT2D eigenvalue weighted by molar-refractivity contribution is 0.418. The highest BCUT2D eigenvalue weighted by molar-refractivity contribution is 5.98. The molecule has 0 spiro atoms. The van der Waals surface area contributed by atoms with Crippen molar-refractivity contribution in [1.29, 1.82) is 0 Å². The van der Waals surface area contributed by atoms with Crippen molar-refractivity contribution in [3.8, 4) is 78.3 Å². The summed E-state index contributed by atoms with van der Waals surface area (Å²) in [5.41, 5.74) is 22.8. The third-order valence-corrected chi connectivity index (χ3v) is 15.6. The van der Waals surface area contributed by atoms with Crippen molar-refractivity contribution < 1.29 is 4.74 Å². The molecule has 11 aromatic carbocycles. The van der Waals surface area contributed by atoms with E-state index in [4.69, 9.17) is 4.74 Å². The minimum atomic E-state index is -0.194. The molecule has 1 aliphatic carbocycles. The SMILES string of the molecule is CC1(C)c2ccccc2Oc2ccc(-c3ccc(N(c4ccc(-c5ccc6c(c5)C(C)(C)c5cc(-c7cccc8ccccc78)ccc5-6)cc4)c4ccc(-c5ccccc5-c5ccccc5)cc4)cc3)cc21. The van der Waals surface area contributed by atoms with Gasteiger partial charge in [0.05, 0.1) is 0 Å². The predicted molar refractivity (Wildman–Crippen MR) is 302 cm³/mol. The van der Waals surface area contributed by atoms with E-state index in [2.05, 4.69) is 275 Å². The molecule has 1 aliphatic heterocycles. The number of hydrogen-bond acceptors (Lipinski definition) is 2. The molecule has 0 atom stereocenters. The van der Waals surface area contributed by atoms with Gasteiger partial charge in [-0.25, -0.2) is 0 Å². The molecule has 0 bridgehead atoms. The maximum Gasteiger partial charge on any atom is 0.131 e. The normalized spacial score (nSPS) is 13.6. The monoisotopic (exact) mass is 923 g/mol. The molecule has 0 N–H and O–H groups in total. The number of benzene rings is 11. The van der Waals surface area contributed by atoms with Crippen LogP contribution in [0, 0.1) is 0 Å². The topological polar surface area (TPSA) is 12.5 Å². The first-order valence-electron chi connectivity index (χ1n) is 25.1. The van der Waals surface area contributed by atoms with Gasteiger partial charge in [0.1, 0.15) is 11.5 Å². The van der Waals surface area contributed by atoms with Crippen molar-refractivity contribution in [3.63, 3.8) is 0 Å². The molecule has 2 aliphatic rings. The van der Waals surface area contributed by atoms with Crippen LogP contribution in [0.5, 0.6) is 11.5 Å². The average Bonchev–Trinajstić information content (AvgIpc) is 3.66. The summed E-state index contributed by atoms with van der Waals surface area (Å²) in [5, 5.41) is 2.55. The zero-order chi connectivity index (χ0) is 48.6. The Bertz CT molecular complexity index is 3860. The Morgan fingerprint density at radius 3 is 1.36 bits per heavy atom. The Kier molecular flexibility index (Phi) is 10.2. The molecule has 0 saturated heterocycles. The molecule has 2 nitrogen and oxygen atoms in total. The largest absolute Gasteiger partial charge is 0.457 e. The van der Waals surface area contributed by atoms with Crippen molar-refractivity contribution in [2.24, 2.45) is 0 Å². The fourth-order valence-corrected chi connectivity index (χ4v) is 11.6. The number of hydrogen-bond donors (Lipinski definition) is 0. The van der Waals surface area contributed by atoms with E-state index in [-0.39, 0.29) is 10.8 Å². The fourth-order valence-electron chi connectivity index (χ4n) is 11.6. The Balaban J connectivity index is 0.843. The van der Waals surface area contributed by atoms with Crippen LogP contribution in [0.3, 0.4) is 0 Å². The molecule has 344 valence electrons. The average molecular weight is 924 g/mol. The highest BCUT2D eigenvalue weighted by atomic mass is 16.5. The molecule has 0 saturated carbocycles. The summed E-state index contributed by atoms with van der Waals surface area (Å²) in [5.74, 6) is 1.85. The van der Waals surface area contributed by atoms with E-state index in [0.717, 1.165) is 34.1 Å². The van der Waals surface area contributed by atoms with Gasteiger partial charge in [-0.3, -0.25) is 0 Å². The third kappa shape index (κ3) is 7.25. The first-order valence-corrected chi connectivity index (χ1v) is 25.1. The molecule has 0 unspecified atom stereocenters. The van der Waals surface area contributed by atoms with Crippen molar-refractivity contribution in [3.05, 3.63) is 271 Å². The first-order chi connectivity index (χ1) is 35.2. The van der Waals surface area contributed by atoms with E-state index in [1.54, 1.807) is 0 Å². The maximum atomic E-state index is 6.42. The van der Waals surface area contributed by atoms with Gasteiger partial charge in [0.25, 0.3) is 0 Å². The zero-order valence-corrected chi connectivity index (χ0v) is 41.0. The van der Waals surface area contributed by atoms with Crippen molar-refractivity contribution in [1.82, 2.24) is 0 Å². The number of ether oxygens (including phenoxy) is 1. The molecule has 0 fully saturated rings. The summed E-state index contributed by atoms with van der Waals surface area (Å²) in [6.45, 7) is 9.35. The molecule has 0 aromatic heterocycles. The fraction of sp³-hybridized carbons (Fsp3) is 0.0857. The van der Waals surface area contributed by atoms with Crippen LogP contribution in [0.25, 0.3) is 77.5 Å². The highest BCUT2D eigenvalue weighted by Crippen LogP contribution is 2.52. The van der Waals surface area contributed by atoms with Gasteiger partial charge in [-0.2, -0.15) is 0 Å². The highest BCUT2D eigenvalue weighted by Gasteiger charge is 2.37. The zero-order valence-electron chi connectivity index (χ0n) is 41.0. The number of para-hydroxylation sites is 1. The van der Waals surface area contributed by atoms with E-state index in [9.17, 15) is 0 Å². The molecule has 1 heterocycles. The quantitative estimate of drug-likeness (QED) is 0.151. The predicted octanol–water partition coefficient (Wildman–Crippen LogP) is 19.4. The summed E-state index contributed by atoms with van der Waals surface area (Å²) >= 11 is 0. The summed E-state index contributed by atoms with van der Waals surface area (Å²) in [6, 6.07) is 91.0. The van der Waals surface area contributed by atoms with Crippen LogP contribution in [0.1, 0.15) is 49.9 Å². The van der Waals surface area contributed by atoms with Crippen LogP contribution in [0.4, 0.5) is 17.1 Å². The summed E-state index contributed by atoms with van der Waals surface area (Å²) in [7, 11) is 0. The maximum absolute atomic E-state index is 6.42. The Morgan fingerprint density at radius 1 is 0.278 bits per heavy atom. The number of anilines is 3. The Labute approximate surface area is 423 Å². The standard InChI is InChI=1S/C70H53NO/c1-69(2)63-23-12-13-24-67(63)72-68-42-33-52(44-66(68)69)47-27-36-55(37-28-47)71(56-38-29-50(30-39-56)59-21-11-10-20-57(59)48-15-6-5-7-16-48)54-34-25-46(26-35-54)51-31-40-61-62-41-32-53(45-65(62)70(3,4)64(61)43-51)60-22-14-18-49-17-8-9-19-58(49)60/h5-45H,1-4H3. The third-order valence-electron chi connectivity index (χ3n) is 15.6. The summed E-state index contributed by atoms with van der Waals surface area (Å²) < 4.78 is 6.42.